The Morgan fingerprint density at radius 1 is 1.29 bits per heavy atom. The fourth-order valence-corrected chi connectivity index (χ4v) is 2.53. The van der Waals surface area contributed by atoms with Gasteiger partial charge in [-0.3, -0.25) is 4.79 Å². The van der Waals surface area contributed by atoms with Gasteiger partial charge in [-0.1, -0.05) is 0 Å². The third-order valence-corrected chi connectivity index (χ3v) is 3.65. The van der Waals surface area contributed by atoms with Gasteiger partial charge in [0.05, 0.1) is 14.2 Å². The number of nitrogens with one attached hydrogen (secondary N) is 2. The van der Waals surface area contributed by atoms with Gasteiger partial charge in [-0.15, -0.1) is 12.4 Å². The van der Waals surface area contributed by atoms with E-state index in [2.05, 4.69) is 17.6 Å². The SMILES string of the molecule is COc1ccc(NC(=O)[C@H]2CCN[C@@H](C)C2)cc1OC.Cl. The smallest absolute Gasteiger partial charge is 0.227 e. The topological polar surface area (TPSA) is 59.6 Å². The standard InChI is InChI=1S/C15H22N2O3.ClH/c1-10-8-11(6-7-16-10)15(18)17-12-4-5-13(19-2)14(9-12)20-3;/h4-5,9-11,16H,6-8H2,1-3H3,(H,17,18);1H/t10-,11-;/m0./s1. The highest BCUT2D eigenvalue weighted by atomic mass is 35.5. The van der Waals surface area contributed by atoms with Crippen LogP contribution in [-0.4, -0.2) is 32.7 Å². The maximum absolute atomic E-state index is 12.3. The van der Waals surface area contributed by atoms with Crippen LogP contribution in [0.1, 0.15) is 19.8 Å². The van der Waals surface area contributed by atoms with Crippen LogP contribution >= 0.6 is 12.4 Å². The lowest BCUT2D eigenvalue weighted by atomic mass is 9.92. The van der Waals surface area contributed by atoms with Crippen molar-refractivity contribution in [1.29, 1.82) is 0 Å². The van der Waals surface area contributed by atoms with Gasteiger partial charge in [0.2, 0.25) is 5.91 Å². The number of hydrogen-bond donors (Lipinski definition) is 2. The summed E-state index contributed by atoms with van der Waals surface area (Å²) in [6.45, 7) is 3.00. The maximum atomic E-state index is 12.3. The normalized spacial score (nSPS) is 21.1. The Kier molecular flexibility index (Phi) is 6.78. The van der Waals surface area contributed by atoms with Crippen molar-refractivity contribution in [1.82, 2.24) is 5.32 Å². The van der Waals surface area contributed by atoms with Crippen molar-refractivity contribution in [2.24, 2.45) is 5.92 Å². The molecule has 2 rings (SSSR count). The molecule has 5 nitrogen and oxygen atoms in total. The molecule has 2 atom stereocenters. The van der Waals surface area contributed by atoms with Crippen LogP contribution in [0.15, 0.2) is 18.2 Å². The van der Waals surface area contributed by atoms with Crippen LogP contribution in [0.2, 0.25) is 0 Å². The van der Waals surface area contributed by atoms with Crippen LogP contribution < -0.4 is 20.1 Å². The van der Waals surface area contributed by atoms with E-state index in [-0.39, 0.29) is 24.2 Å². The lowest BCUT2D eigenvalue weighted by Gasteiger charge is -2.27. The second kappa shape index (κ2) is 8.10. The first-order chi connectivity index (χ1) is 9.63. The van der Waals surface area contributed by atoms with Crippen molar-refractivity contribution in [2.75, 3.05) is 26.1 Å². The molecule has 0 aromatic heterocycles. The largest absolute Gasteiger partial charge is 0.493 e. The van der Waals surface area contributed by atoms with E-state index in [1.54, 1.807) is 26.4 Å². The molecule has 0 bridgehead atoms. The zero-order chi connectivity index (χ0) is 14.5. The van der Waals surface area contributed by atoms with Crippen molar-refractivity contribution < 1.29 is 14.3 Å². The summed E-state index contributed by atoms with van der Waals surface area (Å²) in [4.78, 5) is 12.3. The summed E-state index contributed by atoms with van der Waals surface area (Å²) in [6, 6.07) is 5.79. The second-order valence-electron chi connectivity index (χ2n) is 5.14. The minimum absolute atomic E-state index is 0. The van der Waals surface area contributed by atoms with Gasteiger partial charge in [0.25, 0.3) is 0 Å². The van der Waals surface area contributed by atoms with E-state index in [4.69, 9.17) is 9.47 Å². The Morgan fingerprint density at radius 2 is 2.00 bits per heavy atom. The number of ether oxygens (including phenoxy) is 2. The average molecular weight is 315 g/mol. The number of anilines is 1. The molecule has 6 heteroatoms. The summed E-state index contributed by atoms with van der Waals surface area (Å²) < 4.78 is 10.4. The number of benzene rings is 1. The molecule has 0 unspecified atom stereocenters. The fourth-order valence-electron chi connectivity index (χ4n) is 2.53. The molecule has 0 aliphatic carbocycles. The summed E-state index contributed by atoms with van der Waals surface area (Å²) in [6.07, 6.45) is 1.75. The van der Waals surface area contributed by atoms with Crippen LogP contribution in [0.4, 0.5) is 5.69 Å². The molecule has 0 radical (unpaired) electrons. The fraction of sp³-hybridized carbons (Fsp3) is 0.533. The first kappa shape index (κ1) is 17.6. The summed E-state index contributed by atoms with van der Waals surface area (Å²) in [5.74, 6) is 1.41. The van der Waals surface area contributed by atoms with Crippen molar-refractivity contribution in [3.63, 3.8) is 0 Å². The van der Waals surface area contributed by atoms with E-state index >= 15 is 0 Å². The van der Waals surface area contributed by atoms with E-state index in [1.807, 2.05) is 6.07 Å². The number of hydrogen-bond acceptors (Lipinski definition) is 4. The number of rotatable bonds is 4. The van der Waals surface area contributed by atoms with Gasteiger partial charge in [-0.05, 0) is 38.4 Å². The summed E-state index contributed by atoms with van der Waals surface area (Å²) >= 11 is 0. The van der Waals surface area contributed by atoms with Crippen LogP contribution in [0.5, 0.6) is 11.5 Å². The minimum atomic E-state index is 0. The highest BCUT2D eigenvalue weighted by Crippen LogP contribution is 2.30. The predicted molar refractivity (Wildman–Crippen MR) is 85.6 cm³/mol. The molecule has 1 aromatic carbocycles. The van der Waals surface area contributed by atoms with Crippen molar-refractivity contribution in [3.8, 4) is 11.5 Å². The number of halogens is 1. The molecule has 1 aromatic rings. The molecule has 1 fully saturated rings. The van der Waals surface area contributed by atoms with Crippen molar-refractivity contribution in [2.45, 2.75) is 25.8 Å². The molecule has 1 aliphatic rings. The van der Waals surface area contributed by atoms with Gasteiger partial charge < -0.3 is 20.1 Å². The molecule has 1 aliphatic heterocycles. The van der Waals surface area contributed by atoms with Gasteiger partial charge >= 0.3 is 0 Å². The van der Waals surface area contributed by atoms with Gasteiger partial charge in [-0.25, -0.2) is 0 Å². The highest BCUT2D eigenvalue weighted by Gasteiger charge is 2.24. The maximum Gasteiger partial charge on any atom is 0.227 e. The Bertz CT molecular complexity index is 482. The molecule has 0 spiro atoms. The van der Waals surface area contributed by atoms with Gasteiger partial charge in [-0.2, -0.15) is 0 Å². The van der Waals surface area contributed by atoms with Crippen LogP contribution in [0, 0.1) is 5.92 Å². The molecule has 21 heavy (non-hydrogen) atoms. The Labute approximate surface area is 131 Å². The highest BCUT2D eigenvalue weighted by molar-refractivity contribution is 5.93. The molecule has 1 saturated heterocycles. The summed E-state index contributed by atoms with van der Waals surface area (Å²) in [5, 5.41) is 6.30. The van der Waals surface area contributed by atoms with Gasteiger partial charge in [0, 0.05) is 23.7 Å². The number of amides is 1. The zero-order valence-corrected chi connectivity index (χ0v) is 13.5. The molecule has 118 valence electrons. The van der Waals surface area contributed by atoms with E-state index < -0.39 is 0 Å². The van der Waals surface area contributed by atoms with Crippen LogP contribution in [-0.2, 0) is 4.79 Å². The van der Waals surface area contributed by atoms with Crippen LogP contribution in [0.25, 0.3) is 0 Å². The van der Waals surface area contributed by atoms with Crippen molar-refractivity contribution in [3.05, 3.63) is 18.2 Å². The van der Waals surface area contributed by atoms with Gasteiger partial charge in [0.1, 0.15) is 0 Å². The molecule has 1 heterocycles. The molecule has 0 saturated carbocycles. The number of carbonyl (C=O) groups is 1. The van der Waals surface area contributed by atoms with E-state index in [0.717, 1.165) is 25.1 Å². The van der Waals surface area contributed by atoms with E-state index in [9.17, 15) is 4.79 Å². The van der Waals surface area contributed by atoms with E-state index in [1.165, 1.54) is 0 Å². The van der Waals surface area contributed by atoms with Crippen LogP contribution in [0.3, 0.4) is 0 Å². The lowest BCUT2D eigenvalue weighted by Crippen LogP contribution is -2.40. The molecular formula is C15H23ClN2O3. The first-order valence-electron chi connectivity index (χ1n) is 6.90. The summed E-state index contributed by atoms with van der Waals surface area (Å²) in [7, 11) is 3.17. The predicted octanol–water partition coefficient (Wildman–Crippen LogP) is 2.45. The lowest BCUT2D eigenvalue weighted by molar-refractivity contribution is -0.120. The van der Waals surface area contributed by atoms with E-state index in [0.29, 0.717) is 17.5 Å². The monoisotopic (exact) mass is 314 g/mol. The Hall–Kier alpha value is -1.46. The average Bonchev–Trinajstić information content (AvgIpc) is 2.47. The van der Waals surface area contributed by atoms with Gasteiger partial charge in [0.15, 0.2) is 11.5 Å². The minimum Gasteiger partial charge on any atom is -0.493 e. The summed E-state index contributed by atoms with van der Waals surface area (Å²) in [5.41, 5.74) is 0.735. The third-order valence-electron chi connectivity index (χ3n) is 3.65. The molecule has 2 N–H and O–H groups in total. The number of piperidine rings is 1. The number of methoxy groups -OCH3 is 2. The zero-order valence-electron chi connectivity index (χ0n) is 12.6. The second-order valence-corrected chi connectivity index (χ2v) is 5.14. The Morgan fingerprint density at radius 3 is 2.62 bits per heavy atom. The first-order valence-corrected chi connectivity index (χ1v) is 6.90. The molecular weight excluding hydrogens is 292 g/mol. The molecule has 1 amide bonds. The Balaban J connectivity index is 0.00000220. The number of carbonyl (C=O) groups excluding carboxylic acids is 1. The van der Waals surface area contributed by atoms with Crippen molar-refractivity contribution >= 4 is 24.0 Å². The quantitative estimate of drug-likeness (QED) is 0.896. The third kappa shape index (κ3) is 4.51.